The van der Waals surface area contributed by atoms with Gasteiger partial charge in [-0.25, -0.2) is 9.37 Å². The van der Waals surface area contributed by atoms with Gasteiger partial charge in [0, 0.05) is 47.9 Å². The van der Waals surface area contributed by atoms with Crippen molar-refractivity contribution in [1.29, 1.82) is 0 Å². The van der Waals surface area contributed by atoms with Crippen LogP contribution in [-0.4, -0.2) is 26.4 Å². The smallest absolute Gasteiger partial charge is 0.254 e. The molecule has 4 aromatic rings. The van der Waals surface area contributed by atoms with Gasteiger partial charge in [0.15, 0.2) is 0 Å². The predicted molar refractivity (Wildman–Crippen MR) is 106 cm³/mol. The molecule has 2 N–H and O–H groups in total. The Labute approximate surface area is 160 Å². The summed E-state index contributed by atoms with van der Waals surface area (Å²) in [6.45, 7) is 2.13. The lowest BCUT2D eigenvalue weighted by molar-refractivity contribution is 0.241. The van der Waals surface area contributed by atoms with Crippen LogP contribution in [0.5, 0.6) is 0 Å². The summed E-state index contributed by atoms with van der Waals surface area (Å²) in [5.41, 5.74) is 4.38. The summed E-state index contributed by atoms with van der Waals surface area (Å²) < 4.78 is 13.4. The van der Waals surface area contributed by atoms with Gasteiger partial charge in [-0.2, -0.15) is 0 Å². The van der Waals surface area contributed by atoms with Crippen molar-refractivity contribution in [2.45, 2.75) is 19.5 Å². The van der Waals surface area contributed by atoms with Crippen molar-refractivity contribution in [2.24, 2.45) is 0 Å². The number of nitrogens with zero attached hydrogens (tertiary/aromatic N) is 2. The number of rotatable bonds is 3. The Morgan fingerprint density at radius 1 is 1.14 bits per heavy atom. The maximum absolute atomic E-state index is 13.4. The van der Waals surface area contributed by atoms with Crippen LogP contribution >= 0.6 is 0 Å². The van der Waals surface area contributed by atoms with Crippen molar-refractivity contribution < 1.29 is 4.39 Å². The number of benzene rings is 2. The van der Waals surface area contributed by atoms with Gasteiger partial charge in [-0.05, 0) is 30.2 Å². The molecule has 0 bridgehead atoms. The topological polar surface area (TPSA) is 64.8 Å². The number of halogens is 1. The van der Waals surface area contributed by atoms with Crippen molar-refractivity contribution in [3.8, 4) is 11.4 Å². The Hall–Kier alpha value is -3.25. The van der Waals surface area contributed by atoms with Gasteiger partial charge in [-0.15, -0.1) is 0 Å². The highest BCUT2D eigenvalue weighted by Gasteiger charge is 2.22. The van der Waals surface area contributed by atoms with Crippen molar-refractivity contribution in [3.63, 3.8) is 0 Å². The van der Waals surface area contributed by atoms with Crippen LogP contribution in [0.3, 0.4) is 0 Å². The highest BCUT2D eigenvalue weighted by Crippen LogP contribution is 2.24. The molecule has 0 aliphatic carbocycles. The van der Waals surface area contributed by atoms with Crippen LogP contribution in [0.4, 0.5) is 4.39 Å². The minimum Gasteiger partial charge on any atom is -0.361 e. The van der Waals surface area contributed by atoms with Gasteiger partial charge in [0.05, 0.1) is 5.69 Å². The molecular formula is C22H19FN4O. The number of aromatic nitrogens is 3. The number of hydrogen-bond acceptors (Lipinski definition) is 3. The first-order valence-electron chi connectivity index (χ1n) is 9.33. The third-order valence-electron chi connectivity index (χ3n) is 5.32. The van der Waals surface area contributed by atoms with E-state index < -0.39 is 0 Å². The van der Waals surface area contributed by atoms with Crippen LogP contribution in [0.15, 0.2) is 59.5 Å². The third kappa shape index (κ3) is 3.01. The molecule has 0 saturated carbocycles. The van der Waals surface area contributed by atoms with Crippen LogP contribution in [-0.2, 0) is 19.5 Å². The van der Waals surface area contributed by atoms with Gasteiger partial charge in [0.2, 0.25) is 0 Å². The molecule has 140 valence electrons. The highest BCUT2D eigenvalue weighted by molar-refractivity contribution is 5.83. The summed E-state index contributed by atoms with van der Waals surface area (Å²) in [7, 11) is 0. The molecular weight excluding hydrogens is 355 g/mol. The Kier molecular flexibility index (Phi) is 4.06. The quantitative estimate of drug-likeness (QED) is 0.576. The van der Waals surface area contributed by atoms with E-state index in [0.29, 0.717) is 18.8 Å². The molecule has 2 aromatic heterocycles. The Balaban J connectivity index is 1.44. The number of fused-ring (bicyclic) bond motifs is 2. The molecule has 1 aliphatic rings. The van der Waals surface area contributed by atoms with Gasteiger partial charge in [-0.1, -0.05) is 30.3 Å². The maximum atomic E-state index is 13.4. The summed E-state index contributed by atoms with van der Waals surface area (Å²) in [6.07, 6.45) is 2.60. The van der Waals surface area contributed by atoms with E-state index in [1.165, 1.54) is 12.1 Å². The number of H-pyrrole nitrogens is 2. The van der Waals surface area contributed by atoms with E-state index in [4.69, 9.17) is 4.98 Å². The first kappa shape index (κ1) is 16.9. The fourth-order valence-corrected chi connectivity index (χ4v) is 3.89. The van der Waals surface area contributed by atoms with Crippen LogP contribution in [0, 0.1) is 5.82 Å². The first-order valence-corrected chi connectivity index (χ1v) is 9.33. The number of nitrogens with one attached hydrogen (secondary N) is 2. The molecule has 28 heavy (non-hydrogen) atoms. The zero-order valence-corrected chi connectivity index (χ0v) is 15.2. The second-order valence-corrected chi connectivity index (χ2v) is 7.17. The van der Waals surface area contributed by atoms with Crippen molar-refractivity contribution in [2.75, 3.05) is 6.54 Å². The van der Waals surface area contributed by atoms with E-state index in [1.807, 2.05) is 42.6 Å². The molecule has 0 amide bonds. The Bertz CT molecular complexity index is 1210. The molecule has 0 saturated heterocycles. The Morgan fingerprint density at radius 2 is 2.00 bits per heavy atom. The van der Waals surface area contributed by atoms with E-state index in [1.54, 1.807) is 0 Å². The summed E-state index contributed by atoms with van der Waals surface area (Å²) in [5, 5.41) is 1.02. The SMILES string of the molecule is O=c1[nH]c(-c2ccccc2)nc2c1CCN(Cc1c[nH]c3cc(F)ccc13)C2. The largest absolute Gasteiger partial charge is 0.361 e. The summed E-state index contributed by atoms with van der Waals surface area (Å²) >= 11 is 0. The molecule has 0 radical (unpaired) electrons. The zero-order chi connectivity index (χ0) is 19.1. The lowest BCUT2D eigenvalue weighted by Gasteiger charge is -2.27. The molecule has 0 spiro atoms. The fourth-order valence-electron chi connectivity index (χ4n) is 3.89. The number of aromatic amines is 2. The zero-order valence-electron chi connectivity index (χ0n) is 15.2. The molecule has 3 heterocycles. The average Bonchev–Trinajstić information content (AvgIpc) is 3.10. The number of hydrogen-bond donors (Lipinski definition) is 2. The van der Waals surface area contributed by atoms with E-state index in [2.05, 4.69) is 14.9 Å². The second-order valence-electron chi connectivity index (χ2n) is 7.17. The van der Waals surface area contributed by atoms with E-state index in [9.17, 15) is 9.18 Å². The van der Waals surface area contributed by atoms with Gasteiger partial charge in [-0.3, -0.25) is 9.69 Å². The highest BCUT2D eigenvalue weighted by atomic mass is 19.1. The second kappa shape index (κ2) is 6.73. The van der Waals surface area contributed by atoms with Crippen LogP contribution < -0.4 is 5.56 Å². The monoisotopic (exact) mass is 374 g/mol. The molecule has 5 rings (SSSR count). The molecule has 6 heteroatoms. The molecule has 2 aromatic carbocycles. The molecule has 1 aliphatic heterocycles. The van der Waals surface area contributed by atoms with Crippen LogP contribution in [0.1, 0.15) is 16.8 Å². The third-order valence-corrected chi connectivity index (χ3v) is 5.32. The first-order chi connectivity index (χ1) is 13.7. The summed E-state index contributed by atoms with van der Waals surface area (Å²) in [6, 6.07) is 14.5. The standard InChI is InChI=1S/C22H19FN4O/c23-16-6-7-17-15(11-24-19(17)10-16)12-27-9-8-18-20(13-27)25-21(26-22(18)28)14-4-2-1-3-5-14/h1-7,10-11,24H,8-9,12-13H2,(H,25,26,28). The lowest BCUT2D eigenvalue weighted by Crippen LogP contribution is -2.35. The predicted octanol–water partition coefficient (Wildman–Crippen LogP) is 3.62. The van der Waals surface area contributed by atoms with Crippen molar-refractivity contribution in [1.82, 2.24) is 19.9 Å². The molecule has 0 atom stereocenters. The molecule has 0 unspecified atom stereocenters. The van der Waals surface area contributed by atoms with E-state index in [-0.39, 0.29) is 11.4 Å². The fraction of sp³-hybridized carbons (Fsp3) is 0.182. The van der Waals surface area contributed by atoms with Crippen molar-refractivity contribution >= 4 is 10.9 Å². The average molecular weight is 374 g/mol. The van der Waals surface area contributed by atoms with E-state index >= 15 is 0 Å². The maximum Gasteiger partial charge on any atom is 0.254 e. The summed E-state index contributed by atoms with van der Waals surface area (Å²) in [5.74, 6) is 0.360. The van der Waals surface area contributed by atoms with Crippen LogP contribution in [0.25, 0.3) is 22.3 Å². The normalized spacial score (nSPS) is 14.3. The van der Waals surface area contributed by atoms with Gasteiger partial charge in [0.25, 0.3) is 5.56 Å². The van der Waals surface area contributed by atoms with Gasteiger partial charge in [0.1, 0.15) is 11.6 Å². The molecule has 5 nitrogen and oxygen atoms in total. The Morgan fingerprint density at radius 3 is 2.86 bits per heavy atom. The van der Waals surface area contributed by atoms with Gasteiger partial charge < -0.3 is 9.97 Å². The van der Waals surface area contributed by atoms with Crippen molar-refractivity contribution in [3.05, 3.63) is 87.7 Å². The van der Waals surface area contributed by atoms with E-state index in [0.717, 1.165) is 46.4 Å². The molecule has 0 fully saturated rings. The minimum absolute atomic E-state index is 0.0499. The van der Waals surface area contributed by atoms with Crippen LogP contribution in [0.2, 0.25) is 0 Å². The van der Waals surface area contributed by atoms with Gasteiger partial charge >= 0.3 is 0 Å². The lowest BCUT2D eigenvalue weighted by atomic mass is 10.0. The minimum atomic E-state index is -0.246. The summed E-state index contributed by atoms with van der Waals surface area (Å²) in [4.78, 5) is 25.6.